The first-order valence-corrected chi connectivity index (χ1v) is 11.3. The summed E-state index contributed by atoms with van der Waals surface area (Å²) in [4.78, 5) is 30.8. The van der Waals surface area contributed by atoms with Gasteiger partial charge in [-0.25, -0.2) is 4.39 Å². The van der Waals surface area contributed by atoms with Gasteiger partial charge in [0.25, 0.3) is 0 Å². The van der Waals surface area contributed by atoms with Crippen molar-refractivity contribution < 1.29 is 14.0 Å². The van der Waals surface area contributed by atoms with Crippen LogP contribution in [0.5, 0.6) is 0 Å². The average molecular weight is 442 g/mol. The topological polar surface area (TPSA) is 69.6 Å². The van der Waals surface area contributed by atoms with E-state index in [1.165, 1.54) is 12.1 Å². The summed E-state index contributed by atoms with van der Waals surface area (Å²) in [6, 6.07) is 9.96. The van der Waals surface area contributed by atoms with Gasteiger partial charge in [0.2, 0.25) is 11.8 Å². The third-order valence-electron chi connectivity index (χ3n) is 5.53. The molecule has 0 spiro atoms. The number of halogens is 1. The fourth-order valence-corrected chi connectivity index (χ4v) is 3.85. The minimum absolute atomic E-state index is 0.00737. The Labute approximate surface area is 189 Å². The molecular formula is C24H32FN5O2. The van der Waals surface area contributed by atoms with Crippen molar-refractivity contribution in [3.05, 3.63) is 42.2 Å². The van der Waals surface area contributed by atoms with Crippen LogP contribution in [0.1, 0.15) is 33.6 Å². The number of anilines is 1. The summed E-state index contributed by atoms with van der Waals surface area (Å²) >= 11 is 0. The van der Waals surface area contributed by atoms with E-state index in [4.69, 9.17) is 0 Å². The van der Waals surface area contributed by atoms with Crippen LogP contribution in [0.2, 0.25) is 0 Å². The number of aromatic nitrogens is 2. The van der Waals surface area contributed by atoms with Gasteiger partial charge in [0, 0.05) is 44.7 Å². The highest BCUT2D eigenvalue weighted by Crippen LogP contribution is 2.20. The highest BCUT2D eigenvalue weighted by Gasteiger charge is 2.24. The van der Waals surface area contributed by atoms with Crippen LogP contribution in [-0.2, 0) is 9.59 Å². The summed E-state index contributed by atoms with van der Waals surface area (Å²) < 4.78 is 13.1. The fourth-order valence-electron chi connectivity index (χ4n) is 3.85. The molecule has 0 atom stereocenters. The summed E-state index contributed by atoms with van der Waals surface area (Å²) in [5, 5.41) is 8.65. The molecule has 0 unspecified atom stereocenters. The van der Waals surface area contributed by atoms with E-state index < -0.39 is 0 Å². The van der Waals surface area contributed by atoms with Gasteiger partial charge in [0.15, 0.2) is 5.82 Å². The van der Waals surface area contributed by atoms with E-state index in [1.807, 2.05) is 37.8 Å². The maximum absolute atomic E-state index is 13.1. The van der Waals surface area contributed by atoms with Gasteiger partial charge in [-0.3, -0.25) is 9.59 Å². The first kappa shape index (κ1) is 23.6. The smallest absolute Gasteiger partial charge is 0.242 e. The Hall–Kier alpha value is -3.03. The second-order valence-corrected chi connectivity index (χ2v) is 8.53. The lowest BCUT2D eigenvalue weighted by Gasteiger charge is -2.28. The molecule has 0 N–H and O–H groups in total. The average Bonchev–Trinajstić information content (AvgIpc) is 3.05. The standard InChI is InChI=1S/C24H32FN5O2/c1-4-23(31)30(16-18(2)3)17-24(32)29-13-5-12-28(14-15-29)22-11-10-21(26-27-22)19-6-8-20(25)9-7-19/h6-11,18H,4-5,12-17H2,1-3H3. The van der Waals surface area contributed by atoms with Crippen LogP contribution in [0.15, 0.2) is 36.4 Å². The molecule has 3 rings (SSSR count). The molecule has 172 valence electrons. The van der Waals surface area contributed by atoms with Crippen LogP contribution < -0.4 is 4.90 Å². The number of nitrogens with zero attached hydrogens (tertiary/aromatic N) is 5. The third kappa shape index (κ3) is 6.24. The fraction of sp³-hybridized carbons (Fsp3) is 0.500. The molecule has 0 saturated carbocycles. The Morgan fingerprint density at radius 1 is 1.03 bits per heavy atom. The first-order chi connectivity index (χ1) is 15.4. The van der Waals surface area contributed by atoms with E-state index in [1.54, 1.807) is 17.0 Å². The second kappa shape index (κ2) is 11.0. The van der Waals surface area contributed by atoms with E-state index in [0.29, 0.717) is 44.2 Å². The highest BCUT2D eigenvalue weighted by molar-refractivity contribution is 5.84. The van der Waals surface area contributed by atoms with Crippen molar-refractivity contribution in [3.8, 4) is 11.3 Å². The van der Waals surface area contributed by atoms with Gasteiger partial charge < -0.3 is 14.7 Å². The zero-order chi connectivity index (χ0) is 23.1. The van der Waals surface area contributed by atoms with Gasteiger partial charge in [-0.2, -0.15) is 0 Å². The maximum Gasteiger partial charge on any atom is 0.242 e. The molecule has 1 saturated heterocycles. The van der Waals surface area contributed by atoms with Crippen LogP contribution in [-0.4, -0.2) is 71.1 Å². The van der Waals surface area contributed by atoms with Gasteiger partial charge in [-0.15, -0.1) is 10.2 Å². The highest BCUT2D eigenvalue weighted by atomic mass is 19.1. The van der Waals surface area contributed by atoms with E-state index in [-0.39, 0.29) is 24.2 Å². The van der Waals surface area contributed by atoms with Gasteiger partial charge in [0.05, 0.1) is 12.2 Å². The summed E-state index contributed by atoms with van der Waals surface area (Å²) in [6.07, 6.45) is 1.22. The molecule has 32 heavy (non-hydrogen) atoms. The summed E-state index contributed by atoms with van der Waals surface area (Å²) in [6.45, 7) is 9.32. The van der Waals surface area contributed by atoms with Crippen LogP contribution in [0.3, 0.4) is 0 Å². The SMILES string of the molecule is CCC(=O)N(CC(=O)N1CCCN(c2ccc(-c3ccc(F)cc3)nn2)CC1)CC(C)C. The van der Waals surface area contributed by atoms with Crippen LogP contribution in [0.25, 0.3) is 11.3 Å². The van der Waals surface area contributed by atoms with Gasteiger partial charge in [0.1, 0.15) is 5.82 Å². The molecule has 2 heterocycles. The summed E-state index contributed by atoms with van der Waals surface area (Å²) in [5.74, 6) is 0.794. The largest absolute Gasteiger partial charge is 0.353 e. The number of benzene rings is 1. The first-order valence-electron chi connectivity index (χ1n) is 11.3. The minimum atomic E-state index is -0.284. The Bertz CT molecular complexity index is 902. The molecular weight excluding hydrogens is 409 g/mol. The number of carbonyl (C=O) groups is 2. The molecule has 0 aliphatic carbocycles. The van der Waals surface area contributed by atoms with Crippen molar-refractivity contribution >= 4 is 17.6 Å². The molecule has 0 bridgehead atoms. The van der Waals surface area contributed by atoms with Crippen molar-refractivity contribution in [2.75, 3.05) is 44.2 Å². The van der Waals surface area contributed by atoms with Gasteiger partial charge in [-0.1, -0.05) is 20.8 Å². The molecule has 1 aliphatic rings. The second-order valence-electron chi connectivity index (χ2n) is 8.53. The van der Waals surface area contributed by atoms with E-state index in [2.05, 4.69) is 15.1 Å². The lowest BCUT2D eigenvalue weighted by atomic mass is 10.1. The molecule has 1 aliphatic heterocycles. The van der Waals surface area contributed by atoms with Crippen molar-refractivity contribution in [1.29, 1.82) is 0 Å². The predicted molar refractivity (Wildman–Crippen MR) is 123 cm³/mol. The number of rotatable bonds is 7. The summed E-state index contributed by atoms with van der Waals surface area (Å²) in [7, 11) is 0. The van der Waals surface area contributed by atoms with E-state index >= 15 is 0 Å². The van der Waals surface area contributed by atoms with Gasteiger partial charge >= 0.3 is 0 Å². The van der Waals surface area contributed by atoms with Gasteiger partial charge in [-0.05, 0) is 48.7 Å². The van der Waals surface area contributed by atoms with Crippen LogP contribution in [0, 0.1) is 11.7 Å². The molecule has 2 aromatic rings. The lowest BCUT2D eigenvalue weighted by molar-refractivity contribution is -0.140. The van der Waals surface area contributed by atoms with Crippen LogP contribution >= 0.6 is 0 Å². The minimum Gasteiger partial charge on any atom is -0.353 e. The molecule has 8 heteroatoms. The quantitative estimate of drug-likeness (QED) is 0.660. The zero-order valence-electron chi connectivity index (χ0n) is 19.1. The molecule has 1 fully saturated rings. The van der Waals surface area contributed by atoms with Crippen LogP contribution in [0.4, 0.5) is 10.2 Å². The summed E-state index contributed by atoms with van der Waals surface area (Å²) in [5.41, 5.74) is 1.50. The van der Waals surface area contributed by atoms with Crippen molar-refractivity contribution in [1.82, 2.24) is 20.0 Å². The van der Waals surface area contributed by atoms with Crippen molar-refractivity contribution in [2.45, 2.75) is 33.6 Å². The van der Waals surface area contributed by atoms with E-state index in [0.717, 1.165) is 24.3 Å². The molecule has 7 nitrogen and oxygen atoms in total. The zero-order valence-corrected chi connectivity index (χ0v) is 19.1. The Morgan fingerprint density at radius 2 is 1.78 bits per heavy atom. The lowest BCUT2D eigenvalue weighted by Crippen LogP contribution is -2.45. The molecule has 2 amide bonds. The normalized spacial score (nSPS) is 14.4. The Kier molecular flexibility index (Phi) is 8.14. The molecule has 0 radical (unpaired) electrons. The monoisotopic (exact) mass is 441 g/mol. The number of amides is 2. The van der Waals surface area contributed by atoms with Crippen molar-refractivity contribution in [2.24, 2.45) is 5.92 Å². The Balaban J connectivity index is 1.60. The molecule has 1 aromatic heterocycles. The number of hydrogen-bond donors (Lipinski definition) is 0. The number of carbonyl (C=O) groups excluding carboxylic acids is 2. The predicted octanol–water partition coefficient (Wildman–Crippen LogP) is 3.22. The van der Waals surface area contributed by atoms with E-state index in [9.17, 15) is 14.0 Å². The third-order valence-corrected chi connectivity index (χ3v) is 5.53. The Morgan fingerprint density at radius 3 is 2.41 bits per heavy atom. The van der Waals surface area contributed by atoms with Crippen molar-refractivity contribution in [3.63, 3.8) is 0 Å². The number of hydrogen-bond acceptors (Lipinski definition) is 5. The maximum atomic E-state index is 13.1. The molecule has 1 aromatic carbocycles.